The van der Waals surface area contributed by atoms with E-state index in [4.69, 9.17) is 0 Å². The molecule has 0 bridgehead atoms. The molecule has 11 aromatic carbocycles. The van der Waals surface area contributed by atoms with Crippen LogP contribution in [-0.2, 0) is 0 Å². The lowest BCUT2D eigenvalue weighted by molar-refractivity contribution is 1.28. The third-order valence-electron chi connectivity index (χ3n) is 12.2. The SMILES string of the molecule is c1ccc(-c2ccc(N(c3ccc(-c4cccc5c4sc4ccccc45)cc3)c3ccccc3-c3cc4ccc5ccccc5c4c4c3ccc3ccccc34)cc2)cc1. The number of anilines is 3. The first-order chi connectivity index (χ1) is 29.8. The third-order valence-corrected chi connectivity index (χ3v) is 13.5. The van der Waals surface area contributed by atoms with Gasteiger partial charge >= 0.3 is 0 Å². The van der Waals surface area contributed by atoms with Crippen molar-refractivity contribution in [3.8, 4) is 33.4 Å². The lowest BCUT2D eigenvalue weighted by atomic mass is 9.87. The summed E-state index contributed by atoms with van der Waals surface area (Å²) in [5.41, 5.74) is 10.6. The summed E-state index contributed by atoms with van der Waals surface area (Å²) in [7, 11) is 0. The second kappa shape index (κ2) is 14.1. The maximum absolute atomic E-state index is 2.44. The molecule has 0 radical (unpaired) electrons. The van der Waals surface area contributed by atoms with E-state index in [1.807, 2.05) is 11.3 Å². The van der Waals surface area contributed by atoms with Gasteiger partial charge in [0.2, 0.25) is 0 Å². The van der Waals surface area contributed by atoms with Crippen LogP contribution >= 0.6 is 11.3 Å². The molecular weight excluding hydrogens is 743 g/mol. The fourth-order valence-corrected chi connectivity index (χ4v) is 10.7. The fraction of sp³-hybridized carbons (Fsp3) is 0. The molecule has 12 rings (SSSR count). The van der Waals surface area contributed by atoms with Crippen LogP contribution in [0.15, 0.2) is 224 Å². The van der Waals surface area contributed by atoms with Crippen molar-refractivity contribution in [3.63, 3.8) is 0 Å². The molecule has 1 heterocycles. The van der Waals surface area contributed by atoms with E-state index in [1.165, 1.54) is 96.6 Å². The molecule has 1 aromatic heterocycles. The van der Waals surface area contributed by atoms with Gasteiger partial charge < -0.3 is 4.90 Å². The van der Waals surface area contributed by atoms with E-state index < -0.39 is 0 Å². The molecule has 0 spiro atoms. The Morgan fingerprint density at radius 2 is 0.850 bits per heavy atom. The normalized spacial score (nSPS) is 11.7. The Morgan fingerprint density at radius 3 is 1.62 bits per heavy atom. The predicted molar refractivity (Wildman–Crippen MR) is 260 cm³/mol. The first-order valence-corrected chi connectivity index (χ1v) is 21.4. The van der Waals surface area contributed by atoms with E-state index in [1.54, 1.807) is 0 Å². The Morgan fingerprint density at radius 1 is 0.300 bits per heavy atom. The van der Waals surface area contributed by atoms with Crippen LogP contribution in [0.1, 0.15) is 0 Å². The number of rotatable bonds is 6. The largest absolute Gasteiger partial charge is 0.310 e. The number of thiophene rings is 1. The lowest BCUT2D eigenvalue weighted by Crippen LogP contribution is -2.11. The zero-order valence-corrected chi connectivity index (χ0v) is 33.5. The van der Waals surface area contributed by atoms with E-state index >= 15 is 0 Å². The number of hydrogen-bond acceptors (Lipinski definition) is 2. The van der Waals surface area contributed by atoms with Gasteiger partial charge in [0.1, 0.15) is 0 Å². The van der Waals surface area contributed by atoms with Crippen molar-refractivity contribution in [3.05, 3.63) is 224 Å². The average molecular weight is 780 g/mol. The monoisotopic (exact) mass is 779 g/mol. The highest BCUT2D eigenvalue weighted by Gasteiger charge is 2.21. The molecule has 60 heavy (non-hydrogen) atoms. The quantitative estimate of drug-likeness (QED) is 0.152. The lowest BCUT2D eigenvalue weighted by Gasteiger charge is -2.29. The van der Waals surface area contributed by atoms with Crippen LogP contribution in [0.4, 0.5) is 17.1 Å². The number of fused-ring (bicyclic) bond motifs is 10. The summed E-state index contributed by atoms with van der Waals surface area (Å²) in [6, 6.07) is 82.5. The van der Waals surface area contributed by atoms with Crippen LogP contribution in [0.5, 0.6) is 0 Å². The van der Waals surface area contributed by atoms with Gasteiger partial charge in [-0.05, 0) is 113 Å². The van der Waals surface area contributed by atoms with Crippen molar-refractivity contribution in [2.75, 3.05) is 4.90 Å². The Balaban J connectivity index is 1.07. The van der Waals surface area contributed by atoms with Gasteiger partial charge in [0.15, 0.2) is 0 Å². The van der Waals surface area contributed by atoms with Crippen LogP contribution < -0.4 is 4.90 Å². The second-order valence-corrected chi connectivity index (χ2v) is 16.7. The minimum atomic E-state index is 1.10. The zero-order valence-electron chi connectivity index (χ0n) is 32.7. The Labute approximate surface area is 352 Å². The molecule has 0 saturated heterocycles. The molecule has 0 atom stereocenters. The van der Waals surface area contributed by atoms with Crippen molar-refractivity contribution in [2.45, 2.75) is 0 Å². The number of nitrogens with zero attached hydrogens (tertiary/aromatic N) is 1. The Bertz CT molecular complexity index is 3580. The molecule has 0 fully saturated rings. The van der Waals surface area contributed by atoms with E-state index in [0.29, 0.717) is 0 Å². The molecule has 2 heteroatoms. The van der Waals surface area contributed by atoms with Crippen molar-refractivity contribution in [2.24, 2.45) is 0 Å². The van der Waals surface area contributed by atoms with Gasteiger partial charge in [-0.2, -0.15) is 0 Å². The van der Waals surface area contributed by atoms with Crippen LogP contribution in [0.25, 0.3) is 96.6 Å². The average Bonchev–Trinajstić information content (AvgIpc) is 3.71. The highest BCUT2D eigenvalue weighted by atomic mass is 32.1. The first-order valence-electron chi connectivity index (χ1n) is 20.6. The summed E-state index contributed by atoms with van der Waals surface area (Å²) in [5.74, 6) is 0. The molecule has 0 aliphatic heterocycles. The summed E-state index contributed by atoms with van der Waals surface area (Å²) < 4.78 is 2.65. The van der Waals surface area contributed by atoms with Gasteiger partial charge in [-0.25, -0.2) is 0 Å². The van der Waals surface area contributed by atoms with E-state index in [-0.39, 0.29) is 0 Å². The maximum Gasteiger partial charge on any atom is 0.0540 e. The smallest absolute Gasteiger partial charge is 0.0540 e. The molecule has 0 saturated carbocycles. The number of para-hydroxylation sites is 1. The summed E-state index contributed by atoms with van der Waals surface area (Å²) >= 11 is 1.88. The van der Waals surface area contributed by atoms with Gasteiger partial charge in [-0.1, -0.05) is 182 Å². The fourth-order valence-electron chi connectivity index (χ4n) is 9.43. The van der Waals surface area contributed by atoms with Crippen LogP contribution in [0.2, 0.25) is 0 Å². The summed E-state index contributed by atoms with van der Waals surface area (Å²) in [6.45, 7) is 0. The second-order valence-electron chi connectivity index (χ2n) is 15.6. The van der Waals surface area contributed by atoms with Crippen molar-refractivity contribution < 1.29 is 0 Å². The standard InChI is InChI=1S/C58H37NS/c1-2-13-38(14-3-1)39-27-32-44(33-28-39)59(45-34-29-42(30-35-45)48-21-12-22-52-50-20-9-11-24-55(50)60-58(48)52)54-23-10-8-19-49(54)53-37-43-26-25-40-15-4-6-17-46(40)56(43)57-47-18-7-5-16-41(47)31-36-51(53)57/h1-37H. The summed E-state index contributed by atoms with van der Waals surface area (Å²) in [5, 5.41) is 12.8. The molecule has 1 nitrogen and oxygen atoms in total. The third kappa shape index (κ3) is 5.61. The first kappa shape index (κ1) is 34.5. The van der Waals surface area contributed by atoms with Gasteiger partial charge in [0.25, 0.3) is 0 Å². The minimum absolute atomic E-state index is 1.10. The molecule has 0 aliphatic carbocycles. The minimum Gasteiger partial charge on any atom is -0.310 e. The molecule has 0 amide bonds. The van der Waals surface area contributed by atoms with Gasteiger partial charge in [0.05, 0.1) is 5.69 Å². The van der Waals surface area contributed by atoms with Gasteiger partial charge in [-0.15, -0.1) is 11.3 Å². The van der Waals surface area contributed by atoms with Crippen LogP contribution in [0.3, 0.4) is 0 Å². The van der Waals surface area contributed by atoms with Gasteiger partial charge in [-0.3, -0.25) is 0 Å². The molecule has 280 valence electrons. The molecule has 0 N–H and O–H groups in total. The number of benzene rings is 11. The van der Waals surface area contributed by atoms with Gasteiger partial charge in [0, 0.05) is 37.1 Å². The van der Waals surface area contributed by atoms with E-state index in [9.17, 15) is 0 Å². The van der Waals surface area contributed by atoms with Crippen LogP contribution in [0, 0.1) is 0 Å². The topological polar surface area (TPSA) is 3.24 Å². The Kier molecular flexibility index (Phi) is 8.11. The molecule has 0 aliphatic rings. The summed E-state index contributed by atoms with van der Waals surface area (Å²) in [6.07, 6.45) is 0. The van der Waals surface area contributed by atoms with Crippen LogP contribution in [-0.4, -0.2) is 0 Å². The molecular formula is C58H37NS. The highest BCUT2D eigenvalue weighted by molar-refractivity contribution is 7.26. The van der Waals surface area contributed by atoms with E-state index in [0.717, 1.165) is 17.1 Å². The number of hydrogen-bond donors (Lipinski definition) is 0. The Hall–Kier alpha value is -7.52. The van der Waals surface area contributed by atoms with Crippen molar-refractivity contribution in [1.29, 1.82) is 0 Å². The van der Waals surface area contributed by atoms with Crippen molar-refractivity contribution >= 4 is 91.7 Å². The summed E-state index contributed by atoms with van der Waals surface area (Å²) in [4.78, 5) is 2.44. The highest BCUT2D eigenvalue weighted by Crippen LogP contribution is 2.47. The van der Waals surface area contributed by atoms with E-state index in [2.05, 4.69) is 229 Å². The molecule has 0 unspecified atom stereocenters. The zero-order chi connectivity index (χ0) is 39.6. The van der Waals surface area contributed by atoms with Crippen molar-refractivity contribution in [1.82, 2.24) is 0 Å². The maximum atomic E-state index is 2.44. The molecule has 12 aromatic rings. The predicted octanol–water partition coefficient (Wildman–Crippen LogP) is 17.1.